The lowest BCUT2D eigenvalue weighted by Crippen LogP contribution is -2.15. The molecule has 0 spiro atoms. The minimum atomic E-state index is -3.80. The minimum absolute atomic E-state index is 0.0371. The van der Waals surface area contributed by atoms with Crippen molar-refractivity contribution < 1.29 is 26.9 Å². The van der Waals surface area contributed by atoms with Gasteiger partial charge in [-0.3, -0.25) is 4.79 Å². The second-order valence-electron chi connectivity index (χ2n) is 7.91. The molecule has 0 bridgehead atoms. The Hall–Kier alpha value is -3.08. The summed E-state index contributed by atoms with van der Waals surface area (Å²) in [6.45, 7) is 2.49. The fourth-order valence-corrected chi connectivity index (χ4v) is 4.48. The largest absolute Gasteiger partial charge is 0.493 e. The van der Waals surface area contributed by atoms with Gasteiger partial charge >= 0.3 is 10.1 Å². The van der Waals surface area contributed by atoms with Gasteiger partial charge in [0.2, 0.25) is 0 Å². The van der Waals surface area contributed by atoms with Crippen LogP contribution in [0.15, 0.2) is 30.3 Å². The minimum Gasteiger partial charge on any atom is -0.493 e. The van der Waals surface area contributed by atoms with Gasteiger partial charge in [0.1, 0.15) is 0 Å². The summed E-state index contributed by atoms with van der Waals surface area (Å²) in [5.74, 6) is -0.0130. The molecule has 1 aliphatic rings. The van der Waals surface area contributed by atoms with Gasteiger partial charge in [0, 0.05) is 54.5 Å². The molecule has 0 saturated carbocycles. The molecule has 0 aliphatic carbocycles. The van der Waals surface area contributed by atoms with Crippen molar-refractivity contribution in [2.24, 2.45) is 0 Å². The topological polar surface area (TPSA) is 119 Å². The molecule has 3 N–H and O–H groups in total. The van der Waals surface area contributed by atoms with Crippen molar-refractivity contribution in [3.05, 3.63) is 47.0 Å². The number of aromatic amines is 1. The summed E-state index contributed by atoms with van der Waals surface area (Å²) in [6.07, 6.45) is 1.90. The number of fused-ring (bicyclic) bond motifs is 2. The predicted molar refractivity (Wildman–Crippen MR) is 125 cm³/mol. The highest BCUT2D eigenvalue weighted by molar-refractivity contribution is 7.86. The van der Waals surface area contributed by atoms with Crippen LogP contribution in [-0.2, 0) is 27.9 Å². The van der Waals surface area contributed by atoms with E-state index in [1.54, 1.807) is 13.2 Å². The van der Waals surface area contributed by atoms with Crippen molar-refractivity contribution in [3.8, 4) is 22.8 Å². The maximum atomic E-state index is 12.7. The van der Waals surface area contributed by atoms with Gasteiger partial charge in [-0.1, -0.05) is 6.07 Å². The van der Waals surface area contributed by atoms with Crippen molar-refractivity contribution in [1.82, 2.24) is 15.6 Å². The van der Waals surface area contributed by atoms with Gasteiger partial charge in [-0.05, 0) is 42.8 Å². The third kappa shape index (κ3) is 4.97. The van der Waals surface area contributed by atoms with E-state index in [2.05, 4.69) is 21.7 Å². The zero-order chi connectivity index (χ0) is 23.6. The van der Waals surface area contributed by atoms with Crippen molar-refractivity contribution in [1.29, 1.82) is 0 Å². The Balaban J connectivity index is 1.70. The molecule has 0 atom stereocenters. The van der Waals surface area contributed by atoms with Gasteiger partial charge in [-0.2, -0.15) is 8.42 Å². The zero-order valence-corrected chi connectivity index (χ0v) is 19.6. The molecule has 1 amide bonds. The number of benzene rings is 2. The lowest BCUT2D eigenvalue weighted by Gasteiger charge is -2.15. The summed E-state index contributed by atoms with van der Waals surface area (Å²) >= 11 is 0. The van der Waals surface area contributed by atoms with E-state index in [-0.39, 0.29) is 24.0 Å². The van der Waals surface area contributed by atoms with E-state index in [0.29, 0.717) is 16.7 Å². The van der Waals surface area contributed by atoms with E-state index in [4.69, 9.17) is 13.7 Å². The SMILES string of the molecule is COCCCNCc1ccc2[nH]c(-c3cc(OC)c(OS(C)(=O)=O)c4c3C(=O)NC4)cc2c1. The molecule has 9 nitrogen and oxygen atoms in total. The Morgan fingerprint density at radius 3 is 2.70 bits per heavy atom. The van der Waals surface area contributed by atoms with E-state index in [0.717, 1.165) is 54.5 Å². The number of rotatable bonds is 10. The first-order valence-electron chi connectivity index (χ1n) is 10.5. The highest BCUT2D eigenvalue weighted by atomic mass is 32.2. The molecular formula is C23H27N3O6S. The highest BCUT2D eigenvalue weighted by Crippen LogP contribution is 2.43. The van der Waals surface area contributed by atoms with Crippen LogP contribution in [0.25, 0.3) is 22.2 Å². The van der Waals surface area contributed by atoms with Crippen LogP contribution in [0, 0.1) is 0 Å². The van der Waals surface area contributed by atoms with Gasteiger partial charge in [-0.15, -0.1) is 0 Å². The number of hydrogen-bond acceptors (Lipinski definition) is 7. The first kappa shape index (κ1) is 23.1. The molecule has 2 heterocycles. The highest BCUT2D eigenvalue weighted by Gasteiger charge is 2.31. The number of aromatic nitrogens is 1. The Morgan fingerprint density at radius 2 is 1.97 bits per heavy atom. The molecule has 1 aromatic heterocycles. The van der Waals surface area contributed by atoms with E-state index >= 15 is 0 Å². The van der Waals surface area contributed by atoms with Gasteiger partial charge < -0.3 is 29.3 Å². The fourth-order valence-electron chi connectivity index (χ4n) is 4.00. The van der Waals surface area contributed by atoms with Crippen LogP contribution in [0.5, 0.6) is 11.5 Å². The van der Waals surface area contributed by atoms with Crippen LogP contribution in [0.3, 0.4) is 0 Å². The smallest absolute Gasteiger partial charge is 0.306 e. The number of nitrogens with one attached hydrogen (secondary N) is 3. The molecule has 0 unspecified atom stereocenters. The molecule has 176 valence electrons. The second kappa shape index (κ2) is 9.42. The lowest BCUT2D eigenvalue weighted by atomic mass is 9.98. The van der Waals surface area contributed by atoms with Gasteiger partial charge in [0.25, 0.3) is 5.91 Å². The molecule has 3 aromatic rings. The maximum absolute atomic E-state index is 12.7. The summed E-state index contributed by atoms with van der Waals surface area (Å²) in [7, 11) is -0.679. The van der Waals surface area contributed by atoms with Gasteiger partial charge in [0.15, 0.2) is 11.5 Å². The number of hydrogen-bond donors (Lipinski definition) is 3. The van der Waals surface area contributed by atoms with Crippen molar-refractivity contribution in [3.63, 3.8) is 0 Å². The van der Waals surface area contributed by atoms with Crippen LogP contribution in [0.1, 0.15) is 27.9 Å². The third-order valence-corrected chi connectivity index (χ3v) is 5.93. The Bertz CT molecular complexity index is 1300. The number of ether oxygens (including phenoxy) is 2. The number of carbonyl (C=O) groups excluding carboxylic acids is 1. The molecule has 4 rings (SSSR count). The van der Waals surface area contributed by atoms with Crippen LogP contribution in [-0.4, -0.2) is 52.9 Å². The van der Waals surface area contributed by atoms with E-state index in [9.17, 15) is 13.2 Å². The van der Waals surface area contributed by atoms with Crippen LogP contribution >= 0.6 is 0 Å². The molecule has 0 saturated heterocycles. The predicted octanol–water partition coefficient (Wildman–Crippen LogP) is 2.55. The third-order valence-electron chi connectivity index (χ3n) is 5.46. The van der Waals surface area contributed by atoms with Crippen LogP contribution in [0.2, 0.25) is 0 Å². The summed E-state index contributed by atoms with van der Waals surface area (Å²) in [5.41, 5.74) is 4.25. The normalized spacial score (nSPS) is 13.2. The molecule has 0 radical (unpaired) electrons. The van der Waals surface area contributed by atoms with E-state index in [1.807, 2.05) is 18.2 Å². The summed E-state index contributed by atoms with van der Waals surface area (Å²) in [4.78, 5) is 16.0. The molecule has 0 fully saturated rings. The summed E-state index contributed by atoms with van der Waals surface area (Å²) < 4.78 is 39.2. The Labute approximate surface area is 192 Å². The average Bonchev–Trinajstić information content (AvgIpc) is 3.36. The number of H-pyrrole nitrogens is 1. The number of amides is 1. The van der Waals surface area contributed by atoms with Crippen LogP contribution in [0.4, 0.5) is 0 Å². The zero-order valence-electron chi connectivity index (χ0n) is 18.8. The van der Waals surface area contributed by atoms with Crippen molar-refractivity contribution in [2.75, 3.05) is 33.6 Å². The van der Waals surface area contributed by atoms with E-state index < -0.39 is 10.1 Å². The summed E-state index contributed by atoms with van der Waals surface area (Å²) in [5, 5.41) is 7.15. The summed E-state index contributed by atoms with van der Waals surface area (Å²) in [6, 6.07) is 9.75. The monoisotopic (exact) mass is 473 g/mol. The number of methoxy groups -OCH3 is 2. The Kier molecular flexibility index (Phi) is 6.59. The van der Waals surface area contributed by atoms with Crippen molar-refractivity contribution >= 4 is 26.9 Å². The standard InChI is InChI=1S/C23H27N3O6S/c1-30-8-4-7-24-12-14-5-6-18-15(9-14)10-19(26-18)16-11-20(31-2)22(32-33(3,28)29)17-13-25-23(27)21(16)17/h5-6,9-11,24,26H,4,7-8,12-13H2,1-3H3,(H,25,27). The van der Waals surface area contributed by atoms with Gasteiger partial charge in [-0.25, -0.2) is 0 Å². The molecular weight excluding hydrogens is 446 g/mol. The van der Waals surface area contributed by atoms with Crippen molar-refractivity contribution in [2.45, 2.75) is 19.5 Å². The lowest BCUT2D eigenvalue weighted by molar-refractivity contribution is 0.0966. The van der Waals surface area contributed by atoms with E-state index in [1.165, 1.54) is 7.11 Å². The average molecular weight is 474 g/mol. The first-order valence-corrected chi connectivity index (χ1v) is 12.4. The van der Waals surface area contributed by atoms with Crippen LogP contribution < -0.4 is 19.6 Å². The molecule has 10 heteroatoms. The maximum Gasteiger partial charge on any atom is 0.306 e. The molecule has 1 aliphatic heterocycles. The first-order chi connectivity index (χ1) is 15.8. The Morgan fingerprint density at radius 1 is 1.15 bits per heavy atom. The fraction of sp³-hybridized carbons (Fsp3) is 0.348. The van der Waals surface area contributed by atoms with Gasteiger partial charge in [0.05, 0.1) is 18.9 Å². The quantitative estimate of drug-likeness (QED) is 0.306. The number of carbonyl (C=O) groups is 1. The molecule has 2 aromatic carbocycles. The molecule has 33 heavy (non-hydrogen) atoms. The second-order valence-corrected chi connectivity index (χ2v) is 9.48.